The van der Waals surface area contributed by atoms with Crippen LogP contribution in [0, 0.1) is 5.92 Å². The minimum atomic E-state index is -0.766. The van der Waals surface area contributed by atoms with Crippen LogP contribution in [-0.4, -0.2) is 66.8 Å². The fourth-order valence-corrected chi connectivity index (χ4v) is 4.04. The molecule has 10 nitrogen and oxygen atoms in total. The number of benzene rings is 1. The number of nitrogens with zero attached hydrogens (tertiary/aromatic N) is 2. The van der Waals surface area contributed by atoms with Crippen LogP contribution in [0.25, 0.3) is 0 Å². The van der Waals surface area contributed by atoms with Crippen molar-refractivity contribution in [3.8, 4) is 11.5 Å². The lowest BCUT2D eigenvalue weighted by Crippen LogP contribution is -2.43. The number of hydrogen-bond acceptors (Lipinski definition) is 7. The van der Waals surface area contributed by atoms with E-state index in [1.54, 1.807) is 18.3 Å². The van der Waals surface area contributed by atoms with E-state index < -0.39 is 17.7 Å². The molecule has 10 heteroatoms. The van der Waals surface area contributed by atoms with Crippen molar-refractivity contribution in [1.82, 2.24) is 10.2 Å². The molecule has 0 spiro atoms. The van der Waals surface area contributed by atoms with Gasteiger partial charge in [-0.1, -0.05) is 26.0 Å². The molecule has 0 unspecified atom stereocenters. The molecule has 204 valence electrons. The molecule has 0 saturated carbocycles. The Morgan fingerprint density at radius 2 is 2.08 bits per heavy atom. The van der Waals surface area contributed by atoms with Crippen molar-refractivity contribution < 1.29 is 30.0 Å². The van der Waals surface area contributed by atoms with Crippen molar-refractivity contribution in [2.75, 3.05) is 26.3 Å². The molecule has 1 aromatic carbocycles. The third kappa shape index (κ3) is 8.33. The van der Waals surface area contributed by atoms with E-state index in [4.69, 9.17) is 24.7 Å². The van der Waals surface area contributed by atoms with Crippen molar-refractivity contribution >= 4 is 17.6 Å². The van der Waals surface area contributed by atoms with Crippen molar-refractivity contribution in [3.05, 3.63) is 48.4 Å². The van der Waals surface area contributed by atoms with Crippen LogP contribution in [-0.2, 0) is 19.1 Å². The van der Waals surface area contributed by atoms with Gasteiger partial charge in [-0.25, -0.2) is 0 Å². The summed E-state index contributed by atoms with van der Waals surface area (Å²) in [6, 6.07) is 6.48. The van der Waals surface area contributed by atoms with Gasteiger partial charge < -0.3 is 34.9 Å². The van der Waals surface area contributed by atoms with Crippen LogP contribution in [0.1, 0.15) is 42.5 Å². The molecule has 3 N–H and O–H groups in total. The van der Waals surface area contributed by atoms with Crippen LogP contribution >= 0.6 is 0 Å². The van der Waals surface area contributed by atoms with Gasteiger partial charge in [-0.2, -0.15) is 4.99 Å². The molecular weight excluding hydrogens is 476 g/mol. The van der Waals surface area contributed by atoms with Gasteiger partial charge in [-0.05, 0) is 51.3 Å². The second kappa shape index (κ2) is 12.7. The Morgan fingerprint density at radius 3 is 2.73 bits per heavy atom. The number of amidine groups is 1. The molecule has 2 aliphatic heterocycles. The summed E-state index contributed by atoms with van der Waals surface area (Å²) in [7, 11) is 0. The first-order chi connectivity index (χ1) is 17.6. The quantitative estimate of drug-likeness (QED) is 0.321. The molecule has 2 atom stereocenters. The maximum atomic E-state index is 13.1. The predicted molar refractivity (Wildman–Crippen MR) is 142 cm³/mol. The van der Waals surface area contributed by atoms with Crippen LogP contribution < -0.4 is 20.5 Å². The largest absolute Gasteiger partial charge is 0.490 e. The minimum Gasteiger partial charge on any atom is -0.490 e. The predicted octanol–water partition coefficient (Wildman–Crippen LogP) is 2.99. The highest BCUT2D eigenvalue weighted by Crippen LogP contribution is 2.30. The first kappa shape index (κ1) is 28.2. The molecule has 2 amide bonds. The standard InChI is InChI=1S/C27H38N4O6.H2/c1-6-34-22-9-7-8-10-23(22)36-19-14-25(32)31(16-19)21(13-18(2)3)26(33)30-24(28)11-12-29-15-20-17-35-27(4,5)37-20;/h7-12,14,18,20-21,29H,6,13,15-17H2,1-5H3,(H2,28,30,33);1H/b12-11-;/t20-,21+;/m1./s1. The maximum absolute atomic E-state index is 13.1. The molecule has 0 aromatic heterocycles. The van der Waals surface area contributed by atoms with E-state index >= 15 is 0 Å². The average molecular weight is 517 g/mol. The Bertz CT molecular complexity index is 1060. The maximum Gasteiger partial charge on any atom is 0.270 e. The Labute approximate surface area is 220 Å². The summed E-state index contributed by atoms with van der Waals surface area (Å²) in [4.78, 5) is 31.5. The van der Waals surface area contributed by atoms with Gasteiger partial charge in [-0.3, -0.25) is 9.59 Å². The van der Waals surface area contributed by atoms with Crippen molar-refractivity contribution in [2.24, 2.45) is 16.6 Å². The van der Waals surface area contributed by atoms with Gasteiger partial charge in [0.05, 0.1) is 19.8 Å². The van der Waals surface area contributed by atoms with Crippen LogP contribution in [0.2, 0.25) is 0 Å². The molecule has 2 aliphatic rings. The summed E-state index contributed by atoms with van der Waals surface area (Å²) in [5.74, 6) is 0.330. The van der Waals surface area contributed by atoms with Crippen LogP contribution in [0.4, 0.5) is 0 Å². The van der Waals surface area contributed by atoms with Gasteiger partial charge in [0, 0.05) is 20.2 Å². The number of nitrogens with two attached hydrogens (primary N) is 1. The van der Waals surface area contributed by atoms with Crippen molar-refractivity contribution in [3.63, 3.8) is 0 Å². The zero-order chi connectivity index (χ0) is 27.0. The fourth-order valence-electron chi connectivity index (χ4n) is 4.04. The number of hydrogen-bond donors (Lipinski definition) is 2. The molecule has 1 fully saturated rings. The monoisotopic (exact) mass is 516 g/mol. The van der Waals surface area contributed by atoms with Gasteiger partial charge >= 0.3 is 0 Å². The lowest BCUT2D eigenvalue weighted by atomic mass is 10.0. The van der Waals surface area contributed by atoms with Gasteiger partial charge in [0.15, 0.2) is 17.3 Å². The minimum absolute atomic E-state index is 0. The SMILES string of the molecule is CCOc1ccccc1OC1=CC(=O)N([C@@H](CC(C)C)C(=O)N=C(N)/C=C\NC[C@@H]2COC(C)(C)O2)C1.[HH]. The highest BCUT2D eigenvalue weighted by atomic mass is 16.7. The van der Waals surface area contributed by atoms with Gasteiger partial charge in [-0.15, -0.1) is 0 Å². The van der Waals surface area contributed by atoms with E-state index in [-0.39, 0.29) is 31.7 Å². The van der Waals surface area contributed by atoms with Crippen LogP contribution in [0.15, 0.2) is 53.4 Å². The number of nitrogens with one attached hydrogen (secondary N) is 1. The van der Waals surface area contributed by atoms with Gasteiger partial charge in [0.25, 0.3) is 11.8 Å². The summed E-state index contributed by atoms with van der Waals surface area (Å²) >= 11 is 0. The van der Waals surface area contributed by atoms with E-state index in [2.05, 4.69) is 10.3 Å². The smallest absolute Gasteiger partial charge is 0.270 e. The van der Waals surface area contributed by atoms with Crippen LogP contribution in [0.5, 0.6) is 11.5 Å². The number of para-hydroxylation sites is 2. The Kier molecular flexibility index (Phi) is 9.71. The molecule has 0 aliphatic carbocycles. The van der Waals surface area contributed by atoms with E-state index in [0.29, 0.717) is 43.4 Å². The molecular formula is C27H40N4O6. The first-order valence-electron chi connectivity index (χ1n) is 12.6. The topological polar surface area (TPSA) is 125 Å². The van der Waals surface area contributed by atoms with Crippen molar-refractivity contribution in [2.45, 2.75) is 59.0 Å². The zero-order valence-corrected chi connectivity index (χ0v) is 22.2. The van der Waals surface area contributed by atoms with Gasteiger partial charge in [0.1, 0.15) is 23.7 Å². The lowest BCUT2D eigenvalue weighted by molar-refractivity contribution is -0.137. The summed E-state index contributed by atoms with van der Waals surface area (Å²) in [6.07, 6.45) is 4.88. The molecule has 1 aromatic rings. The third-order valence-corrected chi connectivity index (χ3v) is 5.66. The Morgan fingerprint density at radius 1 is 1.35 bits per heavy atom. The summed E-state index contributed by atoms with van der Waals surface area (Å²) in [5, 5.41) is 3.08. The van der Waals surface area contributed by atoms with E-state index in [0.717, 1.165) is 0 Å². The molecule has 37 heavy (non-hydrogen) atoms. The summed E-state index contributed by atoms with van der Waals surface area (Å²) in [5.41, 5.74) is 5.98. The number of rotatable bonds is 12. The van der Waals surface area contributed by atoms with E-state index in [1.165, 1.54) is 17.1 Å². The number of aliphatic imine (C=N–C) groups is 1. The fraction of sp³-hybridized carbons (Fsp3) is 0.519. The summed E-state index contributed by atoms with van der Waals surface area (Å²) in [6.45, 7) is 11.2. The molecule has 3 rings (SSSR count). The number of amides is 2. The normalized spacial score (nSPS) is 20.4. The second-order valence-corrected chi connectivity index (χ2v) is 9.77. The van der Waals surface area contributed by atoms with Gasteiger partial charge in [0.2, 0.25) is 0 Å². The Balaban J connectivity index is 0.00000507. The molecule has 0 bridgehead atoms. The summed E-state index contributed by atoms with van der Waals surface area (Å²) < 4.78 is 22.8. The number of ether oxygens (including phenoxy) is 4. The third-order valence-electron chi connectivity index (χ3n) is 5.66. The average Bonchev–Trinajstić information content (AvgIpc) is 3.37. The highest BCUT2D eigenvalue weighted by molar-refractivity contribution is 6.03. The second-order valence-electron chi connectivity index (χ2n) is 9.77. The molecule has 0 radical (unpaired) electrons. The molecule has 2 heterocycles. The Hall–Kier alpha value is -3.37. The number of carbonyl (C=O) groups is 2. The van der Waals surface area contributed by atoms with Crippen molar-refractivity contribution in [1.29, 1.82) is 0 Å². The van der Waals surface area contributed by atoms with Crippen LogP contribution in [0.3, 0.4) is 0 Å². The lowest BCUT2D eigenvalue weighted by Gasteiger charge is -2.27. The first-order valence-corrected chi connectivity index (χ1v) is 12.6. The van der Waals surface area contributed by atoms with E-state index in [1.807, 2.05) is 46.8 Å². The van der Waals surface area contributed by atoms with E-state index in [9.17, 15) is 9.59 Å². The highest BCUT2D eigenvalue weighted by Gasteiger charge is 2.35. The number of carbonyl (C=O) groups excluding carboxylic acids is 2. The zero-order valence-electron chi connectivity index (χ0n) is 22.2. The molecule has 1 saturated heterocycles.